The molecule has 0 radical (unpaired) electrons. The molecular formula is C25H33N3O5. The van der Waals surface area contributed by atoms with Gasteiger partial charge in [0.1, 0.15) is 18.0 Å². The third-order valence-corrected chi connectivity index (χ3v) is 4.69. The summed E-state index contributed by atoms with van der Waals surface area (Å²) in [4.78, 5) is 35.0. The lowest BCUT2D eigenvalue weighted by Crippen LogP contribution is -2.36. The lowest BCUT2D eigenvalue weighted by Gasteiger charge is -2.20. The maximum Gasteiger partial charge on any atom is 0.306 e. The van der Waals surface area contributed by atoms with E-state index in [1.165, 1.54) is 0 Å². The molecule has 0 aliphatic carbocycles. The van der Waals surface area contributed by atoms with Gasteiger partial charge in [0.2, 0.25) is 12.3 Å². The fraction of sp³-hybridized carbons (Fsp3) is 0.400. The Hall–Kier alpha value is -3.39. The van der Waals surface area contributed by atoms with E-state index < -0.39 is 11.6 Å². The SMILES string of the molecule is CCc1ccc(OCc2cccc(NC(=O)C(N)CCC(=O)OC(C)(C)C)c2)cc1NC=O. The van der Waals surface area contributed by atoms with Crippen LogP contribution in [-0.4, -0.2) is 29.9 Å². The van der Waals surface area contributed by atoms with Crippen molar-refractivity contribution in [2.45, 2.75) is 65.2 Å². The number of hydrogen-bond donors (Lipinski definition) is 3. The third kappa shape index (κ3) is 8.94. The van der Waals surface area contributed by atoms with Crippen molar-refractivity contribution in [3.8, 4) is 5.75 Å². The van der Waals surface area contributed by atoms with Crippen molar-refractivity contribution in [2.75, 3.05) is 10.6 Å². The molecule has 0 bridgehead atoms. The molecule has 0 heterocycles. The van der Waals surface area contributed by atoms with Crippen LogP contribution in [0.4, 0.5) is 11.4 Å². The number of carbonyl (C=O) groups excluding carboxylic acids is 3. The number of nitrogens with two attached hydrogens (primary N) is 1. The highest BCUT2D eigenvalue weighted by Gasteiger charge is 2.20. The van der Waals surface area contributed by atoms with Gasteiger partial charge in [-0.05, 0) is 62.9 Å². The van der Waals surface area contributed by atoms with Crippen LogP contribution in [0.1, 0.15) is 51.7 Å². The molecule has 1 unspecified atom stereocenters. The maximum absolute atomic E-state index is 12.4. The summed E-state index contributed by atoms with van der Waals surface area (Å²) in [6, 6.07) is 11.9. The summed E-state index contributed by atoms with van der Waals surface area (Å²) in [7, 11) is 0. The first kappa shape index (κ1) is 25.9. The summed E-state index contributed by atoms with van der Waals surface area (Å²) in [5.41, 5.74) is 8.52. The second-order valence-electron chi connectivity index (χ2n) is 8.64. The maximum atomic E-state index is 12.4. The highest BCUT2D eigenvalue weighted by Crippen LogP contribution is 2.24. The minimum Gasteiger partial charge on any atom is -0.489 e. The predicted molar refractivity (Wildman–Crippen MR) is 128 cm³/mol. The summed E-state index contributed by atoms with van der Waals surface area (Å²) >= 11 is 0. The van der Waals surface area contributed by atoms with E-state index in [0.717, 1.165) is 17.5 Å². The molecule has 0 aliphatic rings. The van der Waals surface area contributed by atoms with Crippen molar-refractivity contribution in [1.82, 2.24) is 0 Å². The van der Waals surface area contributed by atoms with E-state index in [-0.39, 0.29) is 31.3 Å². The van der Waals surface area contributed by atoms with Gasteiger partial charge in [-0.1, -0.05) is 25.1 Å². The van der Waals surface area contributed by atoms with Crippen LogP contribution in [-0.2, 0) is 32.1 Å². The fourth-order valence-electron chi connectivity index (χ4n) is 3.09. The van der Waals surface area contributed by atoms with Crippen LogP contribution in [0.25, 0.3) is 0 Å². The van der Waals surface area contributed by atoms with Crippen LogP contribution in [0.5, 0.6) is 5.75 Å². The fourth-order valence-corrected chi connectivity index (χ4v) is 3.09. The number of aryl methyl sites for hydroxylation is 1. The van der Waals surface area contributed by atoms with Gasteiger partial charge < -0.3 is 25.8 Å². The quantitative estimate of drug-likeness (QED) is 0.350. The van der Waals surface area contributed by atoms with Crippen molar-refractivity contribution < 1.29 is 23.9 Å². The molecule has 0 saturated carbocycles. The number of anilines is 2. The van der Waals surface area contributed by atoms with Gasteiger partial charge in [0, 0.05) is 23.9 Å². The van der Waals surface area contributed by atoms with E-state index in [4.69, 9.17) is 15.2 Å². The van der Waals surface area contributed by atoms with E-state index in [0.29, 0.717) is 23.5 Å². The zero-order chi connectivity index (χ0) is 24.4. The molecule has 0 fully saturated rings. The Morgan fingerprint density at radius 1 is 1.15 bits per heavy atom. The van der Waals surface area contributed by atoms with Gasteiger partial charge in [-0.15, -0.1) is 0 Å². The number of carbonyl (C=O) groups is 3. The first-order chi connectivity index (χ1) is 15.6. The molecule has 2 aromatic carbocycles. The molecule has 8 heteroatoms. The van der Waals surface area contributed by atoms with Gasteiger partial charge in [-0.2, -0.15) is 0 Å². The van der Waals surface area contributed by atoms with Crippen molar-refractivity contribution >= 4 is 29.7 Å². The van der Waals surface area contributed by atoms with E-state index in [1.807, 2.05) is 25.1 Å². The van der Waals surface area contributed by atoms with Crippen LogP contribution in [0.2, 0.25) is 0 Å². The monoisotopic (exact) mass is 455 g/mol. The van der Waals surface area contributed by atoms with E-state index in [2.05, 4.69) is 10.6 Å². The number of nitrogens with one attached hydrogen (secondary N) is 2. The Morgan fingerprint density at radius 2 is 1.91 bits per heavy atom. The normalized spacial score (nSPS) is 11.9. The Labute approximate surface area is 194 Å². The molecule has 2 aromatic rings. The molecule has 8 nitrogen and oxygen atoms in total. The van der Waals surface area contributed by atoms with Crippen LogP contribution in [0, 0.1) is 0 Å². The molecule has 4 N–H and O–H groups in total. The van der Waals surface area contributed by atoms with Crippen molar-refractivity contribution in [3.63, 3.8) is 0 Å². The van der Waals surface area contributed by atoms with Gasteiger partial charge in [0.15, 0.2) is 0 Å². The highest BCUT2D eigenvalue weighted by molar-refractivity contribution is 5.95. The van der Waals surface area contributed by atoms with Crippen LogP contribution in [0.3, 0.4) is 0 Å². The van der Waals surface area contributed by atoms with E-state index in [1.54, 1.807) is 45.0 Å². The van der Waals surface area contributed by atoms with E-state index >= 15 is 0 Å². The van der Waals surface area contributed by atoms with Crippen LogP contribution in [0.15, 0.2) is 42.5 Å². The second kappa shape index (κ2) is 12.0. The molecular weight excluding hydrogens is 422 g/mol. The first-order valence-electron chi connectivity index (χ1n) is 10.9. The van der Waals surface area contributed by atoms with Crippen LogP contribution >= 0.6 is 0 Å². The number of hydrogen-bond acceptors (Lipinski definition) is 6. The molecule has 2 rings (SSSR count). The average Bonchev–Trinajstić information content (AvgIpc) is 2.75. The van der Waals surface area contributed by atoms with E-state index in [9.17, 15) is 14.4 Å². The second-order valence-corrected chi connectivity index (χ2v) is 8.64. The lowest BCUT2D eigenvalue weighted by atomic mass is 10.1. The minimum atomic E-state index is -0.835. The molecule has 178 valence electrons. The number of benzene rings is 2. The zero-order valence-corrected chi connectivity index (χ0v) is 19.6. The number of ether oxygens (including phenoxy) is 2. The Bertz CT molecular complexity index is 969. The minimum absolute atomic E-state index is 0.0670. The lowest BCUT2D eigenvalue weighted by molar-refractivity contribution is -0.155. The molecule has 2 amide bonds. The standard InChI is InChI=1S/C25H33N3O5/c1-5-18-9-10-20(14-22(18)27-16-29)32-15-17-7-6-8-19(13-17)28-24(31)21(26)11-12-23(30)33-25(2,3)4/h6-10,13-14,16,21H,5,11-12,15,26H2,1-4H3,(H,27,29)(H,28,31). The van der Waals surface area contributed by atoms with Gasteiger partial charge in [-0.3, -0.25) is 14.4 Å². The smallest absolute Gasteiger partial charge is 0.306 e. The number of amides is 2. The first-order valence-corrected chi connectivity index (χ1v) is 10.9. The summed E-state index contributed by atoms with van der Waals surface area (Å²) in [5.74, 6) is -0.144. The van der Waals surface area contributed by atoms with Gasteiger partial charge >= 0.3 is 5.97 Å². The zero-order valence-electron chi connectivity index (χ0n) is 19.6. The Kier molecular flexibility index (Phi) is 9.42. The Morgan fingerprint density at radius 3 is 2.58 bits per heavy atom. The summed E-state index contributed by atoms with van der Waals surface area (Å²) < 4.78 is 11.1. The summed E-state index contributed by atoms with van der Waals surface area (Å²) in [6.45, 7) is 7.65. The number of esters is 1. The number of rotatable bonds is 11. The van der Waals surface area contributed by atoms with Crippen molar-refractivity contribution in [2.24, 2.45) is 5.73 Å². The molecule has 0 saturated heterocycles. The molecule has 0 spiro atoms. The topological polar surface area (TPSA) is 120 Å². The molecule has 0 aliphatic heterocycles. The molecule has 1 atom stereocenters. The van der Waals surface area contributed by atoms with Crippen molar-refractivity contribution in [1.29, 1.82) is 0 Å². The highest BCUT2D eigenvalue weighted by atomic mass is 16.6. The molecule has 33 heavy (non-hydrogen) atoms. The predicted octanol–water partition coefficient (Wildman–Crippen LogP) is 3.78. The summed E-state index contributed by atoms with van der Waals surface area (Å²) in [5, 5.41) is 5.46. The largest absolute Gasteiger partial charge is 0.489 e. The summed E-state index contributed by atoms with van der Waals surface area (Å²) in [6.07, 6.45) is 1.69. The van der Waals surface area contributed by atoms with Crippen molar-refractivity contribution in [3.05, 3.63) is 53.6 Å². The Balaban J connectivity index is 1.91. The molecule has 0 aromatic heterocycles. The third-order valence-electron chi connectivity index (χ3n) is 4.69. The van der Waals surface area contributed by atoms with Crippen LogP contribution < -0.4 is 21.1 Å². The van der Waals surface area contributed by atoms with Gasteiger partial charge in [0.05, 0.1) is 6.04 Å². The average molecular weight is 456 g/mol. The van der Waals surface area contributed by atoms with Gasteiger partial charge in [0.25, 0.3) is 0 Å². The van der Waals surface area contributed by atoms with Gasteiger partial charge in [-0.25, -0.2) is 0 Å².